The first-order valence-electron chi connectivity index (χ1n) is 6.85. The predicted molar refractivity (Wildman–Crippen MR) is 76.7 cm³/mol. The van der Waals surface area contributed by atoms with Crippen molar-refractivity contribution in [2.45, 2.75) is 39.3 Å². The van der Waals surface area contributed by atoms with E-state index in [1.807, 2.05) is 19.2 Å². The molecule has 0 aliphatic carbocycles. The van der Waals surface area contributed by atoms with Crippen molar-refractivity contribution in [1.29, 1.82) is 0 Å². The monoisotopic (exact) mass is 275 g/mol. The van der Waals surface area contributed by atoms with Crippen LogP contribution in [0.1, 0.15) is 30.6 Å². The van der Waals surface area contributed by atoms with E-state index in [0.717, 1.165) is 18.6 Å². The van der Waals surface area contributed by atoms with Gasteiger partial charge in [0.15, 0.2) is 12.4 Å². The quantitative estimate of drug-likeness (QED) is 0.841. The molecule has 0 bridgehead atoms. The first-order valence-corrected chi connectivity index (χ1v) is 6.85. The van der Waals surface area contributed by atoms with Gasteiger partial charge in [0.1, 0.15) is 5.75 Å². The Balaban J connectivity index is 1.82. The average Bonchev–Trinajstić information content (AvgIpc) is 2.89. The van der Waals surface area contributed by atoms with Gasteiger partial charge in [-0.15, -0.1) is 0 Å². The molecule has 0 fully saturated rings. The molecule has 1 N–H and O–H groups in total. The van der Waals surface area contributed by atoms with Crippen LogP contribution < -0.4 is 10.1 Å². The van der Waals surface area contributed by atoms with Gasteiger partial charge in [-0.05, 0) is 51.4 Å². The van der Waals surface area contributed by atoms with Crippen molar-refractivity contribution in [2.24, 2.45) is 0 Å². The van der Waals surface area contributed by atoms with E-state index in [4.69, 9.17) is 9.26 Å². The van der Waals surface area contributed by atoms with Crippen molar-refractivity contribution in [3.8, 4) is 5.75 Å². The molecule has 0 saturated heterocycles. The Labute approximate surface area is 119 Å². The maximum atomic E-state index is 5.60. The van der Waals surface area contributed by atoms with Crippen LogP contribution >= 0.6 is 0 Å². The number of rotatable bonds is 7. The normalized spacial score (nSPS) is 12.3. The van der Waals surface area contributed by atoms with Crippen LogP contribution in [0.5, 0.6) is 5.75 Å². The van der Waals surface area contributed by atoms with Gasteiger partial charge < -0.3 is 14.6 Å². The molecule has 2 rings (SSSR count). The first kappa shape index (κ1) is 14.5. The maximum absolute atomic E-state index is 5.60. The lowest BCUT2D eigenvalue weighted by Gasteiger charge is -2.10. The number of nitrogens with one attached hydrogen (secondary N) is 1. The van der Waals surface area contributed by atoms with E-state index in [2.05, 4.69) is 34.5 Å². The van der Waals surface area contributed by atoms with Gasteiger partial charge in [-0.2, -0.15) is 4.98 Å². The number of ether oxygens (including phenoxy) is 1. The molecular weight excluding hydrogens is 254 g/mol. The van der Waals surface area contributed by atoms with Crippen molar-refractivity contribution in [3.63, 3.8) is 0 Å². The van der Waals surface area contributed by atoms with Crippen LogP contribution in [-0.4, -0.2) is 23.2 Å². The van der Waals surface area contributed by atoms with Gasteiger partial charge >= 0.3 is 0 Å². The molecule has 0 saturated carbocycles. The van der Waals surface area contributed by atoms with Gasteiger partial charge in [0, 0.05) is 6.04 Å². The first-order chi connectivity index (χ1) is 9.67. The fourth-order valence-electron chi connectivity index (χ4n) is 1.82. The highest BCUT2D eigenvalue weighted by molar-refractivity contribution is 5.27. The number of benzene rings is 1. The van der Waals surface area contributed by atoms with Gasteiger partial charge in [-0.1, -0.05) is 17.3 Å². The number of hydrogen-bond acceptors (Lipinski definition) is 5. The molecule has 0 spiro atoms. The molecule has 0 amide bonds. The number of aryl methyl sites for hydroxylation is 2. The van der Waals surface area contributed by atoms with Crippen LogP contribution in [0.25, 0.3) is 0 Å². The highest BCUT2D eigenvalue weighted by Crippen LogP contribution is 2.15. The second kappa shape index (κ2) is 7.05. The van der Waals surface area contributed by atoms with Crippen molar-refractivity contribution in [1.82, 2.24) is 15.5 Å². The maximum Gasteiger partial charge on any atom is 0.264 e. The van der Waals surface area contributed by atoms with Gasteiger partial charge in [0.25, 0.3) is 5.89 Å². The van der Waals surface area contributed by atoms with Crippen LogP contribution in [0, 0.1) is 6.92 Å². The summed E-state index contributed by atoms with van der Waals surface area (Å²) in [7, 11) is 1.99. The Bertz CT molecular complexity index is 522. The Morgan fingerprint density at radius 2 is 2.05 bits per heavy atom. The standard InChI is InChI=1S/C15H21N3O2/c1-11(16-3)4-5-13-6-8-14(9-7-13)19-10-15-17-12(2)18-20-15/h6-9,11,16H,4-5,10H2,1-3H3. The minimum atomic E-state index is 0.303. The molecule has 1 unspecified atom stereocenters. The molecule has 5 nitrogen and oxygen atoms in total. The second-order valence-electron chi connectivity index (χ2n) is 4.90. The third-order valence-electron chi connectivity index (χ3n) is 3.21. The summed E-state index contributed by atoms with van der Waals surface area (Å²) in [5.74, 6) is 1.93. The molecule has 20 heavy (non-hydrogen) atoms. The smallest absolute Gasteiger partial charge is 0.264 e. The van der Waals surface area contributed by atoms with Crippen molar-refractivity contribution in [2.75, 3.05) is 7.05 Å². The Morgan fingerprint density at radius 3 is 2.65 bits per heavy atom. The Kier molecular flexibility index (Phi) is 5.12. The summed E-state index contributed by atoms with van der Waals surface area (Å²) in [5.41, 5.74) is 1.31. The second-order valence-corrected chi connectivity index (χ2v) is 4.90. The fraction of sp³-hybridized carbons (Fsp3) is 0.467. The third-order valence-corrected chi connectivity index (χ3v) is 3.21. The zero-order valence-electron chi connectivity index (χ0n) is 12.2. The number of hydrogen-bond donors (Lipinski definition) is 1. The summed E-state index contributed by atoms with van der Waals surface area (Å²) in [6, 6.07) is 8.67. The molecule has 108 valence electrons. The van der Waals surface area contributed by atoms with E-state index in [1.54, 1.807) is 6.92 Å². The molecule has 0 aliphatic heterocycles. The number of aromatic nitrogens is 2. The largest absolute Gasteiger partial charge is 0.484 e. The summed E-state index contributed by atoms with van der Waals surface area (Å²) >= 11 is 0. The zero-order valence-corrected chi connectivity index (χ0v) is 12.2. The van der Waals surface area contributed by atoms with E-state index in [0.29, 0.717) is 24.4 Å². The highest BCUT2D eigenvalue weighted by atomic mass is 16.5. The Morgan fingerprint density at radius 1 is 1.30 bits per heavy atom. The van der Waals surface area contributed by atoms with E-state index < -0.39 is 0 Å². The minimum absolute atomic E-state index is 0.303. The summed E-state index contributed by atoms with van der Waals surface area (Å²) < 4.78 is 10.6. The topological polar surface area (TPSA) is 60.2 Å². The van der Waals surface area contributed by atoms with E-state index in [1.165, 1.54) is 5.56 Å². The molecule has 1 heterocycles. The SMILES string of the molecule is CNC(C)CCc1ccc(OCc2nc(C)no2)cc1. The molecule has 0 aliphatic rings. The van der Waals surface area contributed by atoms with Crippen LogP contribution in [0.3, 0.4) is 0 Å². The lowest BCUT2D eigenvalue weighted by molar-refractivity contribution is 0.242. The van der Waals surface area contributed by atoms with E-state index in [9.17, 15) is 0 Å². The van der Waals surface area contributed by atoms with Crippen LogP contribution in [0.2, 0.25) is 0 Å². The highest BCUT2D eigenvalue weighted by Gasteiger charge is 2.04. The molecule has 2 aromatic rings. The predicted octanol–water partition coefficient (Wildman–Crippen LogP) is 2.50. The van der Waals surface area contributed by atoms with Gasteiger partial charge in [0.05, 0.1) is 0 Å². The average molecular weight is 275 g/mol. The van der Waals surface area contributed by atoms with Crippen molar-refractivity contribution in [3.05, 3.63) is 41.5 Å². The van der Waals surface area contributed by atoms with Crippen molar-refractivity contribution < 1.29 is 9.26 Å². The third kappa shape index (κ3) is 4.35. The molecule has 0 radical (unpaired) electrons. The molecular formula is C15H21N3O2. The molecule has 1 atom stereocenters. The van der Waals surface area contributed by atoms with Crippen LogP contribution in [0.4, 0.5) is 0 Å². The van der Waals surface area contributed by atoms with Crippen LogP contribution in [0.15, 0.2) is 28.8 Å². The molecule has 1 aromatic carbocycles. The van der Waals surface area contributed by atoms with E-state index in [-0.39, 0.29) is 0 Å². The summed E-state index contributed by atoms with van der Waals surface area (Å²) in [6.07, 6.45) is 2.18. The fourth-order valence-corrected chi connectivity index (χ4v) is 1.82. The van der Waals surface area contributed by atoms with Gasteiger partial charge in [-0.25, -0.2) is 0 Å². The Hall–Kier alpha value is -1.88. The van der Waals surface area contributed by atoms with Crippen molar-refractivity contribution >= 4 is 0 Å². The summed E-state index contributed by atoms with van der Waals surface area (Å²) in [5, 5.41) is 6.96. The molecule has 5 heteroatoms. The number of nitrogens with zero attached hydrogens (tertiary/aromatic N) is 2. The zero-order chi connectivity index (χ0) is 14.4. The molecule has 1 aromatic heterocycles. The summed E-state index contributed by atoms with van der Waals surface area (Å²) in [6.45, 7) is 4.27. The summed E-state index contributed by atoms with van der Waals surface area (Å²) in [4.78, 5) is 4.09. The van der Waals surface area contributed by atoms with E-state index >= 15 is 0 Å². The van der Waals surface area contributed by atoms with Gasteiger partial charge in [0.2, 0.25) is 0 Å². The van der Waals surface area contributed by atoms with Gasteiger partial charge in [-0.3, -0.25) is 0 Å². The lowest BCUT2D eigenvalue weighted by Crippen LogP contribution is -2.21. The van der Waals surface area contributed by atoms with Crippen LogP contribution in [-0.2, 0) is 13.0 Å². The minimum Gasteiger partial charge on any atom is -0.484 e. The lowest BCUT2D eigenvalue weighted by atomic mass is 10.1.